The van der Waals surface area contributed by atoms with Gasteiger partial charge in [-0.05, 0) is 18.1 Å². The van der Waals surface area contributed by atoms with Crippen molar-refractivity contribution in [2.24, 2.45) is 11.7 Å². The van der Waals surface area contributed by atoms with Crippen LogP contribution in [0.3, 0.4) is 0 Å². The third-order valence-electron chi connectivity index (χ3n) is 2.56. The van der Waals surface area contributed by atoms with Gasteiger partial charge in [0.25, 0.3) is 0 Å². The summed E-state index contributed by atoms with van der Waals surface area (Å²) in [5.41, 5.74) is 6.98. The highest BCUT2D eigenvalue weighted by atomic mass is 16.2. The fourth-order valence-corrected chi connectivity index (χ4v) is 1.82. The first-order valence-corrected chi connectivity index (χ1v) is 4.84. The molecule has 1 aromatic rings. The van der Waals surface area contributed by atoms with Crippen LogP contribution in [-0.4, -0.2) is 11.8 Å². The zero-order valence-corrected chi connectivity index (χ0v) is 8.19. The van der Waals surface area contributed by atoms with Crippen molar-refractivity contribution in [3.63, 3.8) is 0 Å². The molecule has 0 fully saturated rings. The minimum atomic E-state index is -0.436. The first-order valence-electron chi connectivity index (χ1n) is 4.84. The van der Waals surface area contributed by atoms with Crippen LogP contribution in [0.4, 0.5) is 5.69 Å². The van der Waals surface area contributed by atoms with E-state index in [1.807, 2.05) is 24.3 Å². The first kappa shape index (κ1) is 9.71. The van der Waals surface area contributed by atoms with Gasteiger partial charge < -0.3 is 11.1 Å². The van der Waals surface area contributed by atoms with Gasteiger partial charge in [-0.2, -0.15) is 0 Å². The second-order valence-corrected chi connectivity index (χ2v) is 3.72. The fraction of sp³-hybridized carbons (Fsp3) is 0.273. The molecular formula is C11H12N2O2. The molecule has 1 atom stereocenters. The Morgan fingerprint density at radius 2 is 2.20 bits per heavy atom. The SMILES string of the molecule is NC(=O)CC1Cc2ccccc2NC1=O. The molecule has 0 aliphatic carbocycles. The number of nitrogens with two attached hydrogens (primary N) is 1. The number of fused-ring (bicyclic) bond motifs is 1. The number of amides is 2. The summed E-state index contributed by atoms with van der Waals surface area (Å²) in [4.78, 5) is 22.3. The molecule has 1 heterocycles. The molecule has 1 aromatic carbocycles. The summed E-state index contributed by atoms with van der Waals surface area (Å²) in [5, 5.41) is 2.77. The number of primary amides is 1. The second kappa shape index (κ2) is 3.73. The monoisotopic (exact) mass is 204 g/mol. The first-order chi connectivity index (χ1) is 7.16. The van der Waals surface area contributed by atoms with Gasteiger partial charge in [-0.25, -0.2) is 0 Å². The molecule has 78 valence electrons. The highest BCUT2D eigenvalue weighted by molar-refractivity contribution is 5.97. The van der Waals surface area contributed by atoms with E-state index in [9.17, 15) is 9.59 Å². The lowest BCUT2D eigenvalue weighted by molar-refractivity contribution is -0.126. The summed E-state index contributed by atoms with van der Waals surface area (Å²) < 4.78 is 0. The predicted octanol–water partition coefficient (Wildman–Crippen LogP) is 0.673. The molecule has 1 unspecified atom stereocenters. The van der Waals surface area contributed by atoms with Gasteiger partial charge in [0.15, 0.2) is 0 Å². The topological polar surface area (TPSA) is 72.2 Å². The maximum Gasteiger partial charge on any atom is 0.228 e. The summed E-state index contributed by atoms with van der Waals surface area (Å²) in [6.45, 7) is 0. The average molecular weight is 204 g/mol. The molecular weight excluding hydrogens is 192 g/mol. The molecule has 0 radical (unpaired) electrons. The molecule has 3 N–H and O–H groups in total. The quantitative estimate of drug-likeness (QED) is 0.743. The van der Waals surface area contributed by atoms with Gasteiger partial charge in [0.1, 0.15) is 0 Å². The van der Waals surface area contributed by atoms with E-state index in [4.69, 9.17) is 5.73 Å². The number of carbonyl (C=O) groups excluding carboxylic acids is 2. The molecule has 15 heavy (non-hydrogen) atoms. The van der Waals surface area contributed by atoms with Crippen LogP contribution in [0.5, 0.6) is 0 Å². The summed E-state index contributed by atoms with van der Waals surface area (Å²) in [6.07, 6.45) is 0.700. The van der Waals surface area contributed by atoms with Crippen LogP contribution in [0.1, 0.15) is 12.0 Å². The van der Waals surface area contributed by atoms with Crippen LogP contribution in [-0.2, 0) is 16.0 Å². The van der Waals surface area contributed by atoms with Gasteiger partial charge >= 0.3 is 0 Å². The molecule has 4 heteroatoms. The number of anilines is 1. The molecule has 1 aliphatic heterocycles. The summed E-state index contributed by atoms with van der Waals surface area (Å²) >= 11 is 0. The van der Waals surface area contributed by atoms with E-state index in [0.717, 1.165) is 11.3 Å². The smallest absolute Gasteiger partial charge is 0.228 e. The van der Waals surface area contributed by atoms with Crippen LogP contribution in [0.15, 0.2) is 24.3 Å². The Kier molecular flexibility index (Phi) is 2.41. The molecule has 2 rings (SSSR count). The Morgan fingerprint density at radius 1 is 1.47 bits per heavy atom. The van der Waals surface area contributed by atoms with E-state index in [1.54, 1.807) is 0 Å². The van der Waals surface area contributed by atoms with Crippen LogP contribution in [0, 0.1) is 5.92 Å². The Labute approximate surface area is 87.5 Å². The Bertz CT molecular complexity index is 415. The number of benzene rings is 1. The Hall–Kier alpha value is -1.84. The third kappa shape index (κ3) is 1.98. The molecule has 0 saturated carbocycles. The third-order valence-corrected chi connectivity index (χ3v) is 2.56. The molecule has 0 bridgehead atoms. The predicted molar refractivity (Wildman–Crippen MR) is 56.1 cm³/mol. The lowest BCUT2D eigenvalue weighted by atomic mass is 9.90. The molecule has 0 spiro atoms. The van der Waals surface area contributed by atoms with E-state index in [2.05, 4.69) is 5.32 Å². The summed E-state index contributed by atoms with van der Waals surface area (Å²) in [6, 6.07) is 7.58. The Morgan fingerprint density at radius 3 is 2.93 bits per heavy atom. The second-order valence-electron chi connectivity index (χ2n) is 3.72. The van der Waals surface area contributed by atoms with E-state index < -0.39 is 5.91 Å². The van der Waals surface area contributed by atoms with Gasteiger partial charge in [-0.3, -0.25) is 9.59 Å². The minimum absolute atomic E-state index is 0.111. The van der Waals surface area contributed by atoms with Crippen molar-refractivity contribution in [2.75, 3.05) is 5.32 Å². The van der Waals surface area contributed by atoms with Crippen molar-refractivity contribution < 1.29 is 9.59 Å². The minimum Gasteiger partial charge on any atom is -0.370 e. The maximum atomic E-state index is 11.6. The van der Waals surface area contributed by atoms with Crippen molar-refractivity contribution in [2.45, 2.75) is 12.8 Å². The van der Waals surface area contributed by atoms with E-state index in [0.29, 0.717) is 6.42 Å². The van der Waals surface area contributed by atoms with Gasteiger partial charge in [0, 0.05) is 12.1 Å². The number of carbonyl (C=O) groups is 2. The van der Waals surface area contributed by atoms with Crippen LogP contribution in [0.2, 0.25) is 0 Å². The standard InChI is InChI=1S/C11H12N2O2/c12-10(14)6-8-5-7-3-1-2-4-9(7)13-11(8)15/h1-4,8H,5-6H2,(H2,12,14)(H,13,15). The van der Waals surface area contributed by atoms with Gasteiger partial charge in [0.2, 0.25) is 11.8 Å². The number of hydrogen-bond donors (Lipinski definition) is 2. The lowest BCUT2D eigenvalue weighted by Crippen LogP contribution is -2.33. The van der Waals surface area contributed by atoms with Gasteiger partial charge in [0.05, 0.1) is 5.92 Å². The highest BCUT2D eigenvalue weighted by Crippen LogP contribution is 2.26. The van der Waals surface area contributed by atoms with Crippen molar-refractivity contribution in [3.05, 3.63) is 29.8 Å². The molecule has 4 nitrogen and oxygen atoms in total. The van der Waals surface area contributed by atoms with Crippen LogP contribution >= 0.6 is 0 Å². The normalized spacial score (nSPS) is 19.2. The number of nitrogens with one attached hydrogen (secondary N) is 1. The maximum absolute atomic E-state index is 11.6. The molecule has 0 saturated heterocycles. The average Bonchev–Trinajstić information content (AvgIpc) is 2.18. The number of hydrogen-bond acceptors (Lipinski definition) is 2. The number of para-hydroxylation sites is 1. The van der Waals surface area contributed by atoms with Crippen molar-refractivity contribution in [1.29, 1.82) is 0 Å². The van der Waals surface area contributed by atoms with E-state index in [1.165, 1.54) is 0 Å². The summed E-state index contributed by atoms with van der Waals surface area (Å²) in [5.74, 6) is -0.876. The lowest BCUT2D eigenvalue weighted by Gasteiger charge is -2.23. The highest BCUT2D eigenvalue weighted by Gasteiger charge is 2.26. The van der Waals surface area contributed by atoms with Crippen molar-refractivity contribution in [1.82, 2.24) is 0 Å². The molecule has 1 aliphatic rings. The van der Waals surface area contributed by atoms with Gasteiger partial charge in [-0.15, -0.1) is 0 Å². The fourth-order valence-electron chi connectivity index (χ4n) is 1.82. The zero-order chi connectivity index (χ0) is 10.8. The van der Waals surface area contributed by atoms with Crippen molar-refractivity contribution >= 4 is 17.5 Å². The molecule has 0 aromatic heterocycles. The largest absolute Gasteiger partial charge is 0.370 e. The number of rotatable bonds is 2. The Balaban J connectivity index is 2.22. The zero-order valence-electron chi connectivity index (χ0n) is 8.19. The molecule has 2 amide bonds. The van der Waals surface area contributed by atoms with E-state index in [-0.39, 0.29) is 18.2 Å². The van der Waals surface area contributed by atoms with E-state index >= 15 is 0 Å². The summed E-state index contributed by atoms with van der Waals surface area (Å²) in [7, 11) is 0. The van der Waals surface area contributed by atoms with Crippen molar-refractivity contribution in [3.8, 4) is 0 Å². The van der Waals surface area contributed by atoms with Crippen LogP contribution < -0.4 is 11.1 Å². The van der Waals surface area contributed by atoms with Crippen LogP contribution in [0.25, 0.3) is 0 Å². The van der Waals surface area contributed by atoms with Gasteiger partial charge in [-0.1, -0.05) is 18.2 Å².